The minimum Gasteiger partial charge on any atom is -0.508 e. The predicted molar refractivity (Wildman–Crippen MR) is 82.4 cm³/mol. The summed E-state index contributed by atoms with van der Waals surface area (Å²) in [6.45, 7) is 1.81. The summed E-state index contributed by atoms with van der Waals surface area (Å²) in [6.07, 6.45) is 3.13. The van der Waals surface area contributed by atoms with E-state index in [1.807, 2.05) is 6.07 Å². The number of hydrogen-bond donors (Lipinski definition) is 1. The van der Waals surface area contributed by atoms with Crippen molar-refractivity contribution in [2.75, 3.05) is 0 Å². The molecular formula is C16H13N3O3. The standard InChI is InChI=1S/C16H13N3O3/c1-11-10-12(3-9-16(11)22-19-18-17)2-8-15(21)13-4-6-14(20)7-5-13/h2-10,20H,1H3. The maximum absolute atomic E-state index is 12.0. The smallest absolute Gasteiger partial charge is 0.185 e. The lowest BCUT2D eigenvalue weighted by atomic mass is 10.1. The molecule has 0 spiro atoms. The quantitative estimate of drug-likeness (QED) is 0.223. The van der Waals surface area contributed by atoms with Crippen molar-refractivity contribution in [2.24, 2.45) is 5.28 Å². The van der Waals surface area contributed by atoms with Gasteiger partial charge in [-0.2, -0.15) is 0 Å². The Labute approximate surface area is 126 Å². The van der Waals surface area contributed by atoms with Crippen LogP contribution in [-0.2, 0) is 0 Å². The van der Waals surface area contributed by atoms with Crippen LogP contribution in [-0.4, -0.2) is 10.9 Å². The van der Waals surface area contributed by atoms with Gasteiger partial charge in [-0.15, -0.1) is 0 Å². The minimum atomic E-state index is -0.160. The maximum Gasteiger partial charge on any atom is 0.185 e. The molecular weight excluding hydrogens is 282 g/mol. The average Bonchev–Trinajstić information content (AvgIpc) is 2.52. The van der Waals surface area contributed by atoms with Crippen LogP contribution >= 0.6 is 0 Å². The van der Waals surface area contributed by atoms with Gasteiger partial charge in [0.15, 0.2) is 5.78 Å². The van der Waals surface area contributed by atoms with Crippen LogP contribution in [0.1, 0.15) is 21.5 Å². The van der Waals surface area contributed by atoms with Gasteiger partial charge in [-0.1, -0.05) is 12.1 Å². The molecule has 0 heterocycles. The van der Waals surface area contributed by atoms with Crippen molar-refractivity contribution in [1.82, 2.24) is 0 Å². The van der Waals surface area contributed by atoms with E-state index >= 15 is 0 Å². The number of rotatable bonds is 5. The maximum atomic E-state index is 12.0. The highest BCUT2D eigenvalue weighted by molar-refractivity contribution is 6.06. The van der Waals surface area contributed by atoms with E-state index in [1.54, 1.807) is 37.3 Å². The summed E-state index contributed by atoms with van der Waals surface area (Å²) in [5.41, 5.74) is 10.3. The van der Waals surface area contributed by atoms with Crippen LogP contribution in [0.4, 0.5) is 0 Å². The van der Waals surface area contributed by atoms with E-state index in [0.717, 1.165) is 11.1 Å². The third-order valence-electron chi connectivity index (χ3n) is 2.95. The van der Waals surface area contributed by atoms with Gasteiger partial charge in [0.05, 0.1) is 0 Å². The molecule has 2 rings (SSSR count). The van der Waals surface area contributed by atoms with Gasteiger partial charge in [0.25, 0.3) is 0 Å². The number of carbonyl (C=O) groups is 1. The number of benzene rings is 2. The Morgan fingerprint density at radius 3 is 2.64 bits per heavy atom. The van der Waals surface area contributed by atoms with E-state index in [0.29, 0.717) is 11.3 Å². The monoisotopic (exact) mass is 295 g/mol. The fraction of sp³-hybridized carbons (Fsp3) is 0.0625. The molecule has 0 aliphatic rings. The molecule has 22 heavy (non-hydrogen) atoms. The second-order valence-corrected chi connectivity index (χ2v) is 4.53. The van der Waals surface area contributed by atoms with Crippen molar-refractivity contribution in [2.45, 2.75) is 6.92 Å². The number of aromatic hydroxyl groups is 1. The topological polar surface area (TPSA) is 95.3 Å². The molecule has 0 atom stereocenters. The molecule has 6 heteroatoms. The van der Waals surface area contributed by atoms with Crippen LogP contribution in [0, 0.1) is 6.92 Å². The van der Waals surface area contributed by atoms with Crippen molar-refractivity contribution >= 4 is 11.9 Å². The summed E-state index contributed by atoms with van der Waals surface area (Å²) >= 11 is 0. The Morgan fingerprint density at radius 2 is 2.00 bits per heavy atom. The number of ketones is 1. The minimum absolute atomic E-state index is 0.117. The van der Waals surface area contributed by atoms with Gasteiger partial charge < -0.3 is 9.94 Å². The van der Waals surface area contributed by atoms with E-state index < -0.39 is 0 Å². The van der Waals surface area contributed by atoms with Gasteiger partial charge in [0, 0.05) is 10.5 Å². The van der Waals surface area contributed by atoms with Crippen LogP contribution in [0.2, 0.25) is 0 Å². The van der Waals surface area contributed by atoms with Crippen molar-refractivity contribution in [3.05, 3.63) is 75.7 Å². The van der Waals surface area contributed by atoms with E-state index in [1.165, 1.54) is 18.2 Å². The Balaban J connectivity index is 2.12. The molecule has 110 valence electrons. The molecule has 0 aliphatic heterocycles. The van der Waals surface area contributed by atoms with Gasteiger partial charge >= 0.3 is 0 Å². The lowest BCUT2D eigenvalue weighted by molar-refractivity contribution is 0.104. The normalized spacial score (nSPS) is 10.2. The Kier molecular flexibility index (Phi) is 4.80. The van der Waals surface area contributed by atoms with Gasteiger partial charge in [-0.3, -0.25) is 4.79 Å². The average molecular weight is 295 g/mol. The van der Waals surface area contributed by atoms with Gasteiger partial charge in [0.1, 0.15) is 16.8 Å². The first-order valence-electron chi connectivity index (χ1n) is 6.43. The highest BCUT2D eigenvalue weighted by atomic mass is 16.6. The highest BCUT2D eigenvalue weighted by Crippen LogP contribution is 2.20. The molecule has 0 bridgehead atoms. The molecule has 0 unspecified atom stereocenters. The highest BCUT2D eigenvalue weighted by Gasteiger charge is 2.02. The summed E-state index contributed by atoms with van der Waals surface area (Å²) < 4.78 is 0. The fourth-order valence-corrected chi connectivity index (χ4v) is 1.83. The third-order valence-corrected chi connectivity index (χ3v) is 2.95. The van der Waals surface area contributed by atoms with Crippen LogP contribution < -0.4 is 4.84 Å². The number of azide groups is 1. The van der Waals surface area contributed by atoms with E-state index in [4.69, 9.17) is 10.4 Å². The second kappa shape index (κ2) is 6.97. The molecule has 0 radical (unpaired) electrons. The molecule has 0 aliphatic carbocycles. The van der Waals surface area contributed by atoms with Crippen molar-refractivity contribution < 1.29 is 14.7 Å². The summed E-state index contributed by atoms with van der Waals surface area (Å²) in [5, 5.41) is 12.2. The molecule has 2 aromatic rings. The zero-order valence-electron chi connectivity index (χ0n) is 11.8. The molecule has 0 amide bonds. The first-order chi connectivity index (χ1) is 10.6. The Morgan fingerprint density at radius 1 is 1.27 bits per heavy atom. The zero-order chi connectivity index (χ0) is 15.9. The predicted octanol–water partition coefficient (Wildman–Crippen LogP) is 4.20. The van der Waals surface area contributed by atoms with Crippen molar-refractivity contribution in [3.8, 4) is 11.5 Å². The van der Waals surface area contributed by atoms with Crippen LogP contribution in [0.3, 0.4) is 0 Å². The molecule has 2 aromatic carbocycles. The number of allylic oxidation sites excluding steroid dienone is 1. The number of phenolic OH excluding ortho intramolecular Hbond substituents is 1. The van der Waals surface area contributed by atoms with Gasteiger partial charge in [-0.25, -0.2) is 0 Å². The molecule has 0 aromatic heterocycles. The number of phenols is 1. The van der Waals surface area contributed by atoms with Gasteiger partial charge in [-0.05, 0) is 66.1 Å². The third kappa shape index (κ3) is 3.88. The van der Waals surface area contributed by atoms with Crippen LogP contribution in [0.15, 0.2) is 53.8 Å². The fourth-order valence-electron chi connectivity index (χ4n) is 1.83. The first-order valence-corrected chi connectivity index (χ1v) is 6.43. The van der Waals surface area contributed by atoms with E-state index in [-0.39, 0.29) is 11.5 Å². The van der Waals surface area contributed by atoms with Crippen molar-refractivity contribution in [3.63, 3.8) is 0 Å². The van der Waals surface area contributed by atoms with Crippen LogP contribution in [0.25, 0.3) is 16.5 Å². The summed E-state index contributed by atoms with van der Waals surface area (Å²) in [4.78, 5) is 19.3. The summed E-state index contributed by atoms with van der Waals surface area (Å²) in [7, 11) is 0. The summed E-state index contributed by atoms with van der Waals surface area (Å²) in [6, 6.07) is 11.3. The van der Waals surface area contributed by atoms with Gasteiger partial charge in [0.2, 0.25) is 0 Å². The van der Waals surface area contributed by atoms with E-state index in [2.05, 4.69) is 10.2 Å². The SMILES string of the molecule is Cc1cc(C=CC(=O)c2ccc(O)cc2)ccc1ON=[N+]=[N-]. The zero-order valence-corrected chi connectivity index (χ0v) is 11.8. The molecule has 0 saturated heterocycles. The summed E-state index contributed by atoms with van der Waals surface area (Å²) in [5.74, 6) is 0.415. The Hall–Kier alpha value is -3.24. The number of nitrogens with zero attached hydrogens (tertiary/aromatic N) is 3. The number of aryl methyl sites for hydroxylation is 1. The lowest BCUT2D eigenvalue weighted by Crippen LogP contribution is -1.93. The molecule has 1 N–H and O–H groups in total. The van der Waals surface area contributed by atoms with Crippen molar-refractivity contribution in [1.29, 1.82) is 0 Å². The number of carbonyl (C=O) groups excluding carboxylic acids is 1. The molecule has 6 nitrogen and oxygen atoms in total. The van der Waals surface area contributed by atoms with E-state index in [9.17, 15) is 9.90 Å². The number of hydrogen-bond acceptors (Lipinski definition) is 4. The largest absolute Gasteiger partial charge is 0.508 e. The molecule has 0 fully saturated rings. The molecule has 0 saturated carbocycles. The van der Waals surface area contributed by atoms with Crippen LogP contribution in [0.5, 0.6) is 11.5 Å². The lowest BCUT2D eigenvalue weighted by Gasteiger charge is -2.03. The second-order valence-electron chi connectivity index (χ2n) is 4.53. The first kappa shape index (κ1) is 15.2. The Bertz CT molecular complexity index is 761.